The number of aromatic carboxylic acids is 1. The first-order valence-corrected chi connectivity index (χ1v) is 6.91. The quantitative estimate of drug-likeness (QED) is 0.754. The van der Waals surface area contributed by atoms with Crippen molar-refractivity contribution in [2.75, 3.05) is 0 Å². The molecule has 114 valence electrons. The topological polar surface area (TPSA) is 78.9 Å². The van der Waals surface area contributed by atoms with Crippen LogP contribution in [0, 0.1) is 12.7 Å². The third kappa shape index (κ3) is 2.81. The van der Waals surface area contributed by atoms with Crippen molar-refractivity contribution in [2.24, 2.45) is 0 Å². The van der Waals surface area contributed by atoms with E-state index in [-0.39, 0.29) is 5.56 Å². The minimum absolute atomic E-state index is 0.199. The average molecular weight is 301 g/mol. The zero-order chi connectivity index (χ0) is 16.3. The van der Waals surface area contributed by atoms with Gasteiger partial charge in [-0.2, -0.15) is 0 Å². The Balaban J connectivity index is 0.000000847. The molecule has 6 heteroatoms. The second kappa shape index (κ2) is 6.34. The van der Waals surface area contributed by atoms with Crippen molar-refractivity contribution in [3.05, 3.63) is 47.4 Å². The molecule has 0 atom stereocenters. The second-order valence-corrected chi connectivity index (χ2v) is 4.40. The van der Waals surface area contributed by atoms with E-state index in [9.17, 15) is 9.18 Å². The number of halogens is 1. The van der Waals surface area contributed by atoms with Crippen LogP contribution in [0.5, 0.6) is 0 Å². The Kier molecular flexibility index (Phi) is 4.50. The van der Waals surface area contributed by atoms with E-state index in [1.54, 1.807) is 19.1 Å². The fourth-order valence-corrected chi connectivity index (χ4v) is 1.96. The lowest BCUT2D eigenvalue weighted by molar-refractivity contribution is 0.0697. The van der Waals surface area contributed by atoms with Gasteiger partial charge in [-0.1, -0.05) is 26.0 Å². The molecule has 0 unspecified atom stereocenters. The van der Waals surface area contributed by atoms with Gasteiger partial charge in [0.1, 0.15) is 11.6 Å². The number of carboxylic acid groups (broad SMARTS) is 1. The Labute approximate surface area is 126 Å². The Morgan fingerprint density at radius 2 is 1.86 bits per heavy atom. The van der Waals surface area contributed by atoms with Crippen LogP contribution in [0.15, 0.2) is 30.5 Å². The number of carbonyl (C=O) groups is 1. The molecule has 2 aromatic heterocycles. The highest BCUT2D eigenvalue weighted by Crippen LogP contribution is 2.22. The Hall–Kier alpha value is -2.76. The zero-order valence-corrected chi connectivity index (χ0v) is 12.5. The van der Waals surface area contributed by atoms with Crippen molar-refractivity contribution < 1.29 is 14.3 Å². The highest BCUT2D eigenvalue weighted by molar-refractivity contribution is 5.88. The van der Waals surface area contributed by atoms with Crippen LogP contribution >= 0.6 is 0 Å². The standard InChI is InChI=1S/C14H10FN3O2.C2H6/c1-7-10(15)6-16-13-11(7)17-12(18-13)8-2-4-9(5-3-8)14(19)20;1-2/h2-6H,1H3,(H,19,20)(H,16,17,18);1-2H3. The van der Waals surface area contributed by atoms with Crippen LogP contribution in [0.4, 0.5) is 4.39 Å². The van der Waals surface area contributed by atoms with Gasteiger partial charge in [-0.25, -0.2) is 19.2 Å². The molecule has 0 aliphatic rings. The van der Waals surface area contributed by atoms with Crippen molar-refractivity contribution in [3.8, 4) is 11.4 Å². The zero-order valence-electron chi connectivity index (χ0n) is 12.5. The molecular formula is C16H16FN3O2. The van der Waals surface area contributed by atoms with Crippen molar-refractivity contribution in [1.82, 2.24) is 15.0 Å². The molecule has 0 radical (unpaired) electrons. The highest BCUT2D eigenvalue weighted by atomic mass is 19.1. The van der Waals surface area contributed by atoms with Crippen LogP contribution in [-0.2, 0) is 0 Å². The summed E-state index contributed by atoms with van der Waals surface area (Å²) in [5, 5.41) is 8.85. The smallest absolute Gasteiger partial charge is 0.335 e. The number of aryl methyl sites for hydroxylation is 1. The molecule has 0 amide bonds. The minimum atomic E-state index is -0.985. The van der Waals surface area contributed by atoms with E-state index >= 15 is 0 Å². The lowest BCUT2D eigenvalue weighted by Crippen LogP contribution is -1.95. The van der Waals surface area contributed by atoms with Gasteiger partial charge in [-0.15, -0.1) is 0 Å². The monoisotopic (exact) mass is 301 g/mol. The van der Waals surface area contributed by atoms with Crippen molar-refractivity contribution in [1.29, 1.82) is 0 Å². The Bertz CT molecular complexity index is 810. The van der Waals surface area contributed by atoms with Gasteiger partial charge in [-0.3, -0.25) is 0 Å². The van der Waals surface area contributed by atoms with Gasteiger partial charge in [-0.05, 0) is 19.1 Å². The summed E-state index contributed by atoms with van der Waals surface area (Å²) in [6.45, 7) is 5.65. The maximum atomic E-state index is 13.4. The number of carboxylic acids is 1. The molecule has 2 N–H and O–H groups in total. The van der Waals surface area contributed by atoms with Crippen molar-refractivity contribution >= 4 is 17.1 Å². The van der Waals surface area contributed by atoms with E-state index in [1.165, 1.54) is 12.1 Å². The van der Waals surface area contributed by atoms with E-state index in [1.807, 2.05) is 13.8 Å². The lowest BCUT2D eigenvalue weighted by atomic mass is 10.1. The summed E-state index contributed by atoms with van der Waals surface area (Å²) >= 11 is 0. The second-order valence-electron chi connectivity index (χ2n) is 4.40. The highest BCUT2D eigenvalue weighted by Gasteiger charge is 2.11. The number of rotatable bonds is 2. The molecule has 0 saturated carbocycles. The Morgan fingerprint density at radius 3 is 2.45 bits per heavy atom. The molecule has 1 aromatic carbocycles. The normalized spacial score (nSPS) is 10.2. The van der Waals surface area contributed by atoms with E-state index in [4.69, 9.17) is 5.11 Å². The molecule has 0 spiro atoms. The van der Waals surface area contributed by atoms with Crippen molar-refractivity contribution in [3.63, 3.8) is 0 Å². The average Bonchev–Trinajstić information content (AvgIpc) is 2.98. The number of aromatic amines is 1. The van der Waals surface area contributed by atoms with Gasteiger partial charge in [0.2, 0.25) is 0 Å². The molecule has 0 fully saturated rings. The molecule has 0 bridgehead atoms. The third-order valence-electron chi connectivity index (χ3n) is 3.12. The molecule has 3 aromatic rings. The number of hydrogen-bond donors (Lipinski definition) is 2. The minimum Gasteiger partial charge on any atom is -0.478 e. The summed E-state index contributed by atoms with van der Waals surface area (Å²) in [6, 6.07) is 6.27. The summed E-state index contributed by atoms with van der Waals surface area (Å²) in [5.41, 5.74) is 2.34. The predicted octanol–water partition coefficient (Wildman–Crippen LogP) is 3.80. The lowest BCUT2D eigenvalue weighted by Gasteiger charge is -1.98. The number of pyridine rings is 1. The Morgan fingerprint density at radius 1 is 1.23 bits per heavy atom. The van der Waals surface area contributed by atoms with E-state index in [0.717, 1.165) is 6.20 Å². The maximum Gasteiger partial charge on any atom is 0.335 e. The molecule has 0 aliphatic heterocycles. The molecule has 2 heterocycles. The van der Waals surface area contributed by atoms with E-state index in [2.05, 4.69) is 15.0 Å². The number of aromatic nitrogens is 3. The largest absolute Gasteiger partial charge is 0.478 e. The van der Waals surface area contributed by atoms with Crippen LogP contribution in [0.2, 0.25) is 0 Å². The first kappa shape index (κ1) is 15.6. The summed E-state index contributed by atoms with van der Waals surface area (Å²) in [5.74, 6) is -0.854. The van der Waals surface area contributed by atoms with E-state index in [0.29, 0.717) is 28.1 Å². The van der Waals surface area contributed by atoms with Crippen LogP contribution in [0.25, 0.3) is 22.6 Å². The number of imidazole rings is 1. The summed E-state index contributed by atoms with van der Waals surface area (Å²) in [6.07, 6.45) is 1.13. The molecular weight excluding hydrogens is 285 g/mol. The first-order chi connectivity index (χ1) is 10.6. The fourth-order valence-electron chi connectivity index (χ4n) is 1.96. The summed E-state index contributed by atoms with van der Waals surface area (Å²) in [4.78, 5) is 22.0. The van der Waals surface area contributed by atoms with E-state index < -0.39 is 11.8 Å². The number of nitrogens with zero attached hydrogens (tertiary/aromatic N) is 2. The number of fused-ring (bicyclic) bond motifs is 1. The van der Waals surface area contributed by atoms with Gasteiger partial charge in [0.05, 0.1) is 17.3 Å². The maximum absolute atomic E-state index is 13.4. The van der Waals surface area contributed by atoms with Gasteiger partial charge in [0.15, 0.2) is 5.65 Å². The van der Waals surface area contributed by atoms with Gasteiger partial charge in [0.25, 0.3) is 0 Å². The van der Waals surface area contributed by atoms with Crippen LogP contribution in [0.1, 0.15) is 29.8 Å². The molecule has 0 saturated heterocycles. The SMILES string of the molecule is CC.Cc1c(F)cnc2nc(-c3ccc(C(=O)O)cc3)[nH]c12. The van der Waals surface area contributed by atoms with Crippen LogP contribution < -0.4 is 0 Å². The van der Waals surface area contributed by atoms with Crippen molar-refractivity contribution in [2.45, 2.75) is 20.8 Å². The third-order valence-corrected chi connectivity index (χ3v) is 3.12. The molecule has 3 rings (SSSR count). The predicted molar refractivity (Wildman–Crippen MR) is 82.3 cm³/mol. The number of H-pyrrole nitrogens is 1. The fraction of sp³-hybridized carbons (Fsp3) is 0.188. The van der Waals surface area contributed by atoms with Gasteiger partial charge in [0, 0.05) is 11.1 Å². The number of nitrogens with one attached hydrogen (secondary N) is 1. The van der Waals surface area contributed by atoms with Gasteiger partial charge < -0.3 is 10.1 Å². The van der Waals surface area contributed by atoms with Crippen LogP contribution in [0.3, 0.4) is 0 Å². The molecule has 5 nitrogen and oxygen atoms in total. The molecule has 22 heavy (non-hydrogen) atoms. The number of hydrogen-bond acceptors (Lipinski definition) is 3. The molecule has 0 aliphatic carbocycles. The number of benzene rings is 1. The van der Waals surface area contributed by atoms with Crippen LogP contribution in [-0.4, -0.2) is 26.0 Å². The summed E-state index contributed by atoms with van der Waals surface area (Å²) < 4.78 is 13.4. The first-order valence-electron chi connectivity index (χ1n) is 6.91. The van der Waals surface area contributed by atoms with Gasteiger partial charge >= 0.3 is 5.97 Å². The summed E-state index contributed by atoms with van der Waals surface area (Å²) in [7, 11) is 0.